The first-order chi connectivity index (χ1) is 16.2. The van der Waals surface area contributed by atoms with Crippen LogP contribution in [0, 0.1) is 0 Å². The van der Waals surface area contributed by atoms with Crippen molar-refractivity contribution in [2.24, 2.45) is 0 Å². The maximum atomic E-state index is 12.6. The number of likely N-dealkylation sites (N-methyl/N-ethyl adjacent to an activating group) is 1. The molecule has 0 bridgehead atoms. The van der Waals surface area contributed by atoms with Gasteiger partial charge in [-0.2, -0.15) is 0 Å². The van der Waals surface area contributed by atoms with Crippen LogP contribution in [0.4, 0.5) is 10.2 Å². The monoisotopic (exact) mass is 472 g/mol. The van der Waals surface area contributed by atoms with Crippen molar-refractivity contribution in [2.75, 3.05) is 44.8 Å². The fourth-order valence-electron chi connectivity index (χ4n) is 4.75. The molecule has 3 heterocycles. The second-order valence-electron chi connectivity index (χ2n) is 10.3. The zero-order valence-electron chi connectivity index (χ0n) is 20.7. The van der Waals surface area contributed by atoms with Gasteiger partial charge in [0.1, 0.15) is 36.3 Å². The van der Waals surface area contributed by atoms with Gasteiger partial charge in [0.25, 0.3) is 0 Å². The fourth-order valence-corrected chi connectivity index (χ4v) is 4.75. The molecule has 186 valence electrons. The van der Waals surface area contributed by atoms with Crippen molar-refractivity contribution < 1.29 is 14.2 Å². The number of aliphatic hydroxyl groups is 1. The summed E-state index contributed by atoms with van der Waals surface area (Å²) in [6, 6.07) is 3.73. The van der Waals surface area contributed by atoms with Crippen LogP contribution in [0.25, 0.3) is 11.5 Å². The molecule has 2 atom stereocenters. The summed E-state index contributed by atoms with van der Waals surface area (Å²) in [6.45, 7) is 8.21. The summed E-state index contributed by atoms with van der Waals surface area (Å²) in [5.74, 6) is 2.13. The van der Waals surface area contributed by atoms with Gasteiger partial charge in [-0.3, -0.25) is 15.2 Å². The molecule has 0 spiro atoms. The van der Waals surface area contributed by atoms with Gasteiger partial charge in [-0.05, 0) is 52.5 Å². The summed E-state index contributed by atoms with van der Waals surface area (Å²) in [5.41, 5.74) is 2.68. The molecule has 4 rings (SSSR count). The number of ether oxygens (including phenoxy) is 1. The number of rotatable bonds is 9. The molecule has 2 N–H and O–H groups in total. The minimum absolute atomic E-state index is 0.0428. The van der Waals surface area contributed by atoms with E-state index in [0.29, 0.717) is 24.6 Å². The molecule has 0 aromatic carbocycles. The SMILES string of the molecule is CN(CC(O)NC(C)(C)C)c1nc(-c2cc(O[C@@H]3CCN(CCF)C3)ccn2)nc2c1CCC2. The van der Waals surface area contributed by atoms with Gasteiger partial charge >= 0.3 is 0 Å². The average Bonchev–Trinajstić information content (AvgIpc) is 3.41. The maximum Gasteiger partial charge on any atom is 0.180 e. The first-order valence-electron chi connectivity index (χ1n) is 12.2. The van der Waals surface area contributed by atoms with E-state index < -0.39 is 6.23 Å². The Morgan fingerprint density at radius 3 is 2.91 bits per heavy atom. The van der Waals surface area contributed by atoms with Crippen LogP contribution in [0.2, 0.25) is 0 Å². The number of hydrogen-bond donors (Lipinski definition) is 2. The number of fused-ring (bicyclic) bond motifs is 1. The number of nitrogens with zero attached hydrogens (tertiary/aromatic N) is 5. The number of halogens is 1. The van der Waals surface area contributed by atoms with Crippen molar-refractivity contribution in [1.82, 2.24) is 25.2 Å². The van der Waals surface area contributed by atoms with Crippen molar-refractivity contribution in [3.8, 4) is 17.3 Å². The van der Waals surface area contributed by atoms with Crippen LogP contribution in [0.1, 0.15) is 44.9 Å². The molecule has 0 radical (unpaired) electrons. The molecule has 2 aliphatic rings. The van der Waals surface area contributed by atoms with Crippen molar-refractivity contribution in [2.45, 2.75) is 64.3 Å². The van der Waals surface area contributed by atoms with Crippen LogP contribution < -0.4 is 15.0 Å². The minimum atomic E-state index is -0.682. The normalized spacial score (nSPS) is 19.3. The van der Waals surface area contributed by atoms with Crippen LogP contribution in [-0.4, -0.2) is 82.7 Å². The molecule has 1 aliphatic carbocycles. The first kappa shape index (κ1) is 24.8. The number of nitrogens with one attached hydrogen (secondary N) is 1. The van der Waals surface area contributed by atoms with Crippen molar-refractivity contribution >= 4 is 5.82 Å². The van der Waals surface area contributed by atoms with Crippen LogP contribution in [0.5, 0.6) is 5.75 Å². The highest BCUT2D eigenvalue weighted by atomic mass is 19.1. The standard InChI is InChI=1S/C25H37FN6O2/c1-25(2,3)30-22(33)16-31(4)24-19-6-5-7-20(19)28-23(29-24)21-14-17(8-11-27-21)34-18-9-12-32(15-18)13-10-26/h8,11,14,18,22,30,33H,5-7,9-10,12-13,15-16H2,1-4H3/t18-,22?/m1/s1. The van der Waals surface area contributed by atoms with E-state index in [-0.39, 0.29) is 18.3 Å². The Balaban J connectivity index is 1.53. The largest absolute Gasteiger partial charge is 0.489 e. The molecular formula is C25H37FN6O2. The number of likely N-dealkylation sites (tertiary alicyclic amines) is 1. The maximum absolute atomic E-state index is 12.6. The van der Waals surface area contributed by atoms with E-state index in [9.17, 15) is 9.50 Å². The van der Waals surface area contributed by atoms with Gasteiger partial charge in [0.15, 0.2) is 5.82 Å². The highest BCUT2D eigenvalue weighted by Gasteiger charge is 2.26. The van der Waals surface area contributed by atoms with Gasteiger partial charge < -0.3 is 14.7 Å². The lowest BCUT2D eigenvalue weighted by molar-refractivity contribution is 0.112. The number of anilines is 1. The molecule has 2 aromatic rings. The summed E-state index contributed by atoms with van der Waals surface area (Å²) in [7, 11) is 1.95. The molecule has 1 fully saturated rings. The van der Waals surface area contributed by atoms with Crippen LogP contribution >= 0.6 is 0 Å². The lowest BCUT2D eigenvalue weighted by Crippen LogP contribution is -2.48. The number of aromatic nitrogens is 3. The van der Waals surface area contributed by atoms with E-state index >= 15 is 0 Å². The lowest BCUT2D eigenvalue weighted by Gasteiger charge is -2.29. The third-order valence-electron chi connectivity index (χ3n) is 6.21. The van der Waals surface area contributed by atoms with E-state index in [2.05, 4.69) is 15.2 Å². The zero-order valence-corrected chi connectivity index (χ0v) is 20.7. The molecular weight excluding hydrogens is 435 g/mol. The second kappa shape index (κ2) is 10.5. The number of hydrogen-bond acceptors (Lipinski definition) is 8. The van der Waals surface area contributed by atoms with Gasteiger partial charge in [0, 0.05) is 55.7 Å². The van der Waals surface area contributed by atoms with E-state index in [1.165, 1.54) is 0 Å². The Bertz CT molecular complexity index is 982. The number of aliphatic hydroxyl groups excluding tert-OH is 1. The summed E-state index contributed by atoms with van der Waals surface area (Å²) in [5, 5.41) is 13.7. The van der Waals surface area contributed by atoms with E-state index in [1.54, 1.807) is 6.20 Å². The summed E-state index contributed by atoms with van der Waals surface area (Å²) < 4.78 is 18.8. The molecule has 9 heteroatoms. The topological polar surface area (TPSA) is 86.6 Å². The molecule has 1 unspecified atom stereocenters. The quantitative estimate of drug-likeness (QED) is 0.539. The number of pyridine rings is 1. The van der Waals surface area contributed by atoms with E-state index in [1.807, 2.05) is 44.9 Å². The van der Waals surface area contributed by atoms with Gasteiger partial charge in [0.05, 0.1) is 6.54 Å². The van der Waals surface area contributed by atoms with Gasteiger partial charge in [-0.25, -0.2) is 14.4 Å². The van der Waals surface area contributed by atoms with Crippen molar-refractivity contribution in [1.29, 1.82) is 0 Å². The molecule has 0 amide bonds. The highest BCUT2D eigenvalue weighted by molar-refractivity contribution is 5.59. The third-order valence-corrected chi connectivity index (χ3v) is 6.21. The third kappa shape index (κ3) is 6.20. The molecule has 2 aromatic heterocycles. The fraction of sp³-hybridized carbons (Fsp3) is 0.640. The second-order valence-corrected chi connectivity index (χ2v) is 10.3. The Hall–Kier alpha value is -2.36. The Morgan fingerprint density at radius 1 is 1.32 bits per heavy atom. The van der Waals surface area contributed by atoms with Crippen LogP contribution in [0.15, 0.2) is 18.3 Å². The number of alkyl halides is 1. The van der Waals surface area contributed by atoms with Gasteiger partial charge in [0.2, 0.25) is 0 Å². The molecule has 1 saturated heterocycles. The zero-order chi connectivity index (χ0) is 24.3. The van der Waals surface area contributed by atoms with E-state index in [0.717, 1.165) is 61.6 Å². The average molecular weight is 473 g/mol. The summed E-state index contributed by atoms with van der Waals surface area (Å²) >= 11 is 0. The van der Waals surface area contributed by atoms with Crippen LogP contribution in [-0.2, 0) is 12.8 Å². The van der Waals surface area contributed by atoms with E-state index in [4.69, 9.17) is 14.7 Å². The Labute approximate surface area is 201 Å². The minimum Gasteiger partial charge on any atom is -0.489 e. The van der Waals surface area contributed by atoms with Gasteiger partial charge in [-0.1, -0.05) is 0 Å². The highest BCUT2D eigenvalue weighted by Crippen LogP contribution is 2.31. The molecule has 0 saturated carbocycles. The van der Waals surface area contributed by atoms with Crippen LogP contribution in [0.3, 0.4) is 0 Å². The van der Waals surface area contributed by atoms with Crippen molar-refractivity contribution in [3.05, 3.63) is 29.6 Å². The Kier molecular flexibility index (Phi) is 7.64. The predicted molar refractivity (Wildman–Crippen MR) is 131 cm³/mol. The smallest absolute Gasteiger partial charge is 0.180 e. The number of aryl methyl sites for hydroxylation is 1. The predicted octanol–water partition coefficient (Wildman–Crippen LogP) is 2.59. The summed E-state index contributed by atoms with van der Waals surface area (Å²) in [4.78, 5) is 18.3. The Morgan fingerprint density at radius 2 is 2.15 bits per heavy atom. The van der Waals surface area contributed by atoms with Gasteiger partial charge in [-0.15, -0.1) is 0 Å². The molecule has 34 heavy (non-hydrogen) atoms. The van der Waals surface area contributed by atoms with Crippen molar-refractivity contribution in [3.63, 3.8) is 0 Å². The first-order valence-corrected chi connectivity index (χ1v) is 12.2. The summed E-state index contributed by atoms with van der Waals surface area (Å²) in [6.07, 6.45) is 4.86. The lowest BCUT2D eigenvalue weighted by atomic mass is 10.1. The molecule has 1 aliphatic heterocycles. The molecule has 8 nitrogen and oxygen atoms in total.